The maximum Gasteiger partial charge on any atom is 0.234 e. The zero-order valence-corrected chi connectivity index (χ0v) is 9.48. The Morgan fingerprint density at radius 1 is 1.50 bits per heavy atom. The third-order valence-electron chi connectivity index (χ3n) is 1.99. The van der Waals surface area contributed by atoms with Gasteiger partial charge in [0.15, 0.2) is 0 Å². The van der Waals surface area contributed by atoms with Crippen LogP contribution in [0.15, 0.2) is 18.2 Å². The molecule has 0 fully saturated rings. The Balaban J connectivity index is 0.00000225. The highest BCUT2D eigenvalue weighted by Crippen LogP contribution is 2.17. The normalized spacial score (nSPS) is 11.5. The summed E-state index contributed by atoms with van der Waals surface area (Å²) in [5, 5.41) is 2.48. The highest BCUT2D eigenvalue weighted by atomic mass is 35.5. The average Bonchev–Trinajstić information content (AvgIpc) is 2.17. The number of nitrogens with one attached hydrogen (secondary N) is 1. The summed E-state index contributed by atoms with van der Waals surface area (Å²) in [4.78, 5) is 10.9. The van der Waals surface area contributed by atoms with Crippen molar-refractivity contribution in [3.05, 3.63) is 35.4 Å². The van der Waals surface area contributed by atoms with Gasteiger partial charge in [-0.1, -0.05) is 6.07 Å². The second-order valence-electron chi connectivity index (χ2n) is 3.16. The monoisotopic (exact) mass is 250 g/mol. The highest BCUT2D eigenvalue weighted by molar-refractivity contribution is 5.85. The van der Waals surface area contributed by atoms with Gasteiger partial charge in [0.1, 0.15) is 11.6 Å². The van der Waals surface area contributed by atoms with Gasteiger partial charge in [-0.25, -0.2) is 8.78 Å². The predicted octanol–water partition coefficient (Wildman–Crippen LogP) is 1.52. The lowest BCUT2D eigenvalue weighted by atomic mass is 10.1. The fourth-order valence-electron chi connectivity index (χ4n) is 1.23. The van der Waals surface area contributed by atoms with E-state index in [0.717, 1.165) is 12.1 Å². The first-order valence-corrected chi connectivity index (χ1v) is 4.49. The van der Waals surface area contributed by atoms with E-state index in [2.05, 4.69) is 5.32 Å². The molecule has 1 unspecified atom stereocenters. The van der Waals surface area contributed by atoms with E-state index in [4.69, 9.17) is 5.73 Å². The minimum atomic E-state index is -0.681. The minimum absolute atomic E-state index is 0. The molecule has 0 bridgehead atoms. The number of carbonyl (C=O) groups is 1. The molecule has 0 aliphatic heterocycles. The third kappa shape index (κ3) is 3.75. The van der Waals surface area contributed by atoms with Crippen molar-refractivity contribution in [3.8, 4) is 0 Å². The van der Waals surface area contributed by atoms with Crippen LogP contribution in [0.2, 0.25) is 0 Å². The minimum Gasteiger partial charge on any atom is -0.348 e. The molecule has 1 atom stereocenters. The van der Waals surface area contributed by atoms with Gasteiger partial charge in [-0.15, -0.1) is 12.4 Å². The fourth-order valence-corrected chi connectivity index (χ4v) is 1.23. The molecule has 3 nitrogen and oxygen atoms in total. The lowest BCUT2D eigenvalue weighted by molar-refractivity contribution is -0.120. The molecule has 0 saturated heterocycles. The van der Waals surface area contributed by atoms with E-state index in [1.165, 1.54) is 6.07 Å². The molecule has 1 aromatic carbocycles. The van der Waals surface area contributed by atoms with Gasteiger partial charge in [0.2, 0.25) is 5.91 Å². The average molecular weight is 251 g/mol. The van der Waals surface area contributed by atoms with Gasteiger partial charge < -0.3 is 11.1 Å². The summed E-state index contributed by atoms with van der Waals surface area (Å²) in [5.74, 6) is -1.71. The zero-order valence-electron chi connectivity index (χ0n) is 8.67. The van der Waals surface area contributed by atoms with Crippen LogP contribution in [0.25, 0.3) is 0 Å². The molecule has 0 radical (unpaired) electrons. The van der Waals surface area contributed by atoms with Gasteiger partial charge in [0, 0.05) is 11.6 Å². The summed E-state index contributed by atoms with van der Waals surface area (Å²) in [6.45, 7) is 1.44. The van der Waals surface area contributed by atoms with Crippen molar-refractivity contribution in [1.82, 2.24) is 5.32 Å². The molecule has 0 spiro atoms. The molecule has 16 heavy (non-hydrogen) atoms. The molecule has 0 heterocycles. The number of benzene rings is 1. The number of amides is 1. The van der Waals surface area contributed by atoms with Crippen molar-refractivity contribution in [2.24, 2.45) is 5.73 Å². The Bertz CT molecular complexity index is 374. The van der Waals surface area contributed by atoms with Crippen LogP contribution in [-0.2, 0) is 4.79 Å². The Labute approximate surface area is 98.4 Å². The van der Waals surface area contributed by atoms with Crippen molar-refractivity contribution in [3.63, 3.8) is 0 Å². The number of nitrogens with two attached hydrogens (primary N) is 1. The van der Waals surface area contributed by atoms with Gasteiger partial charge in [0.25, 0.3) is 0 Å². The molecular formula is C10H13ClF2N2O. The summed E-state index contributed by atoms with van der Waals surface area (Å²) < 4.78 is 25.8. The zero-order chi connectivity index (χ0) is 11.4. The van der Waals surface area contributed by atoms with Gasteiger partial charge in [-0.3, -0.25) is 4.79 Å². The Kier molecular flexibility index (Phi) is 5.92. The summed E-state index contributed by atoms with van der Waals surface area (Å²) in [6, 6.07) is 2.69. The molecule has 6 heteroatoms. The number of rotatable bonds is 3. The molecule has 1 amide bonds. The fraction of sp³-hybridized carbons (Fsp3) is 0.300. The van der Waals surface area contributed by atoms with Crippen LogP contribution >= 0.6 is 12.4 Å². The van der Waals surface area contributed by atoms with Crippen LogP contribution in [0.1, 0.15) is 18.5 Å². The lowest BCUT2D eigenvalue weighted by Gasteiger charge is -2.14. The Morgan fingerprint density at radius 3 is 2.62 bits per heavy atom. The van der Waals surface area contributed by atoms with Gasteiger partial charge in [0.05, 0.1) is 12.6 Å². The van der Waals surface area contributed by atoms with Crippen molar-refractivity contribution in [1.29, 1.82) is 0 Å². The van der Waals surface area contributed by atoms with Gasteiger partial charge in [-0.2, -0.15) is 0 Å². The van der Waals surface area contributed by atoms with Crippen molar-refractivity contribution in [2.75, 3.05) is 6.54 Å². The van der Waals surface area contributed by atoms with E-state index in [9.17, 15) is 13.6 Å². The van der Waals surface area contributed by atoms with Crippen molar-refractivity contribution >= 4 is 18.3 Å². The number of hydrogen-bond donors (Lipinski definition) is 2. The molecule has 0 aromatic heterocycles. The van der Waals surface area contributed by atoms with E-state index >= 15 is 0 Å². The quantitative estimate of drug-likeness (QED) is 0.855. The number of hydrogen-bond acceptors (Lipinski definition) is 2. The largest absolute Gasteiger partial charge is 0.348 e. The van der Waals surface area contributed by atoms with Crippen LogP contribution in [0.3, 0.4) is 0 Å². The van der Waals surface area contributed by atoms with Crippen molar-refractivity contribution < 1.29 is 13.6 Å². The highest BCUT2D eigenvalue weighted by Gasteiger charge is 2.13. The second-order valence-corrected chi connectivity index (χ2v) is 3.16. The number of carbonyl (C=O) groups excluding carboxylic acids is 1. The van der Waals surface area contributed by atoms with E-state index in [1.807, 2.05) is 0 Å². The SMILES string of the molecule is CC(NC(=O)CN)c1ccc(F)cc1F.Cl. The van der Waals surface area contributed by atoms with E-state index in [-0.39, 0.29) is 30.4 Å². The first kappa shape index (κ1) is 14.8. The van der Waals surface area contributed by atoms with E-state index < -0.39 is 17.7 Å². The molecule has 0 aliphatic rings. The van der Waals surface area contributed by atoms with Crippen LogP contribution in [0, 0.1) is 11.6 Å². The van der Waals surface area contributed by atoms with Crippen LogP contribution in [0.5, 0.6) is 0 Å². The first-order valence-electron chi connectivity index (χ1n) is 4.49. The third-order valence-corrected chi connectivity index (χ3v) is 1.99. The molecule has 1 rings (SSSR count). The molecule has 0 saturated carbocycles. The van der Waals surface area contributed by atoms with Crippen LogP contribution < -0.4 is 11.1 Å². The van der Waals surface area contributed by atoms with Gasteiger partial charge in [-0.05, 0) is 13.0 Å². The molecule has 3 N–H and O–H groups in total. The summed E-state index contributed by atoms with van der Waals surface area (Å²) in [7, 11) is 0. The summed E-state index contributed by atoms with van der Waals surface area (Å²) in [6.07, 6.45) is 0. The maximum absolute atomic E-state index is 13.2. The smallest absolute Gasteiger partial charge is 0.234 e. The summed E-state index contributed by atoms with van der Waals surface area (Å²) >= 11 is 0. The standard InChI is InChI=1S/C10H12F2N2O.ClH/c1-6(14-10(15)5-13)8-3-2-7(11)4-9(8)12;/h2-4,6H,5,13H2,1H3,(H,14,15);1H. The van der Waals surface area contributed by atoms with Crippen LogP contribution in [0.4, 0.5) is 8.78 Å². The van der Waals surface area contributed by atoms with E-state index in [0.29, 0.717) is 0 Å². The second kappa shape index (κ2) is 6.40. The topological polar surface area (TPSA) is 55.1 Å². The Morgan fingerprint density at radius 2 is 2.12 bits per heavy atom. The molecular weight excluding hydrogens is 238 g/mol. The predicted molar refractivity (Wildman–Crippen MR) is 59.2 cm³/mol. The summed E-state index contributed by atoms with van der Waals surface area (Å²) in [5.41, 5.74) is 5.33. The molecule has 90 valence electrons. The molecule has 1 aromatic rings. The van der Waals surface area contributed by atoms with Gasteiger partial charge >= 0.3 is 0 Å². The van der Waals surface area contributed by atoms with Crippen LogP contribution in [-0.4, -0.2) is 12.5 Å². The lowest BCUT2D eigenvalue weighted by Crippen LogP contribution is -2.32. The van der Waals surface area contributed by atoms with E-state index in [1.54, 1.807) is 6.92 Å². The maximum atomic E-state index is 13.2. The Hall–Kier alpha value is -1.20. The first-order chi connectivity index (χ1) is 7.04. The number of halogens is 3. The van der Waals surface area contributed by atoms with Crippen molar-refractivity contribution in [2.45, 2.75) is 13.0 Å². The molecule has 0 aliphatic carbocycles.